The Labute approximate surface area is 292 Å². The van der Waals surface area contributed by atoms with Crippen molar-refractivity contribution in [2.24, 2.45) is 5.73 Å². The number of benzene rings is 3. The molecular formula is C37H45N3O9P+. The summed E-state index contributed by atoms with van der Waals surface area (Å²) in [6, 6.07) is 25.1. The number of unbranched alkanes of at least 4 members (excludes halogenated alkanes) is 3. The second-order valence-corrected chi connectivity index (χ2v) is 13.0. The lowest BCUT2D eigenvalue weighted by Gasteiger charge is -2.39. The van der Waals surface area contributed by atoms with Crippen LogP contribution < -0.4 is 26.5 Å². The fraction of sp³-hybridized carbons (Fsp3) is 0.405. The number of nitrogens with zero attached hydrogens (tertiary/aromatic N) is 1. The van der Waals surface area contributed by atoms with Gasteiger partial charge in [-0.3, -0.25) is 14.3 Å². The molecule has 3 aromatic carbocycles. The average Bonchev–Trinajstić information content (AvgIpc) is 3.55. The van der Waals surface area contributed by atoms with Crippen LogP contribution in [0.5, 0.6) is 11.5 Å². The average molecular weight is 707 g/mol. The first-order valence-corrected chi connectivity index (χ1v) is 17.8. The number of methoxy groups -OCH3 is 2. The minimum Gasteiger partial charge on any atom is -0.497 e. The van der Waals surface area contributed by atoms with Gasteiger partial charge in [-0.1, -0.05) is 67.4 Å². The van der Waals surface area contributed by atoms with Crippen LogP contribution in [-0.2, 0) is 28.7 Å². The van der Waals surface area contributed by atoms with E-state index in [-0.39, 0.29) is 19.6 Å². The molecule has 0 saturated carbocycles. The van der Waals surface area contributed by atoms with Crippen LogP contribution in [0.3, 0.4) is 0 Å². The van der Waals surface area contributed by atoms with Crippen molar-refractivity contribution in [2.45, 2.75) is 63.1 Å². The van der Waals surface area contributed by atoms with Crippen molar-refractivity contribution in [3.63, 3.8) is 0 Å². The smallest absolute Gasteiger partial charge is 0.497 e. The number of rotatable bonds is 18. The Balaban J connectivity index is 1.53. The van der Waals surface area contributed by atoms with E-state index in [1.165, 1.54) is 10.8 Å². The SMILES string of the molecule is COc1ccc(C(O[C@H]2C[C@H](n3cc(C)c(=O)[nH]c3=O)O[C@@H]2CO[P+](=O)OCCCCCCN)(c2ccccc2)c2ccc(OC)cc2)cc1. The van der Waals surface area contributed by atoms with Crippen molar-refractivity contribution in [1.82, 2.24) is 9.55 Å². The van der Waals surface area contributed by atoms with E-state index >= 15 is 0 Å². The summed E-state index contributed by atoms with van der Waals surface area (Å²) in [7, 11) is 0.762. The van der Waals surface area contributed by atoms with Gasteiger partial charge in [0.05, 0.1) is 20.3 Å². The molecule has 1 saturated heterocycles. The molecule has 0 bridgehead atoms. The van der Waals surface area contributed by atoms with Gasteiger partial charge < -0.3 is 24.7 Å². The molecule has 3 N–H and O–H groups in total. The third-order valence-corrected chi connectivity index (χ3v) is 9.53. The van der Waals surface area contributed by atoms with E-state index in [9.17, 15) is 14.2 Å². The number of aromatic amines is 1. The Morgan fingerprint density at radius 2 is 1.46 bits per heavy atom. The Morgan fingerprint density at radius 1 is 0.860 bits per heavy atom. The largest absolute Gasteiger partial charge is 0.697 e. The first-order chi connectivity index (χ1) is 24.3. The number of hydrogen-bond acceptors (Lipinski definition) is 10. The molecule has 12 nitrogen and oxygen atoms in total. The molecule has 1 aliphatic rings. The van der Waals surface area contributed by atoms with Gasteiger partial charge in [-0.25, -0.2) is 4.79 Å². The third-order valence-electron chi connectivity index (χ3n) is 8.78. The summed E-state index contributed by atoms with van der Waals surface area (Å²) >= 11 is 0. The van der Waals surface area contributed by atoms with E-state index in [1.54, 1.807) is 21.1 Å². The highest BCUT2D eigenvalue weighted by Crippen LogP contribution is 2.46. The van der Waals surface area contributed by atoms with Crippen molar-refractivity contribution >= 4 is 8.25 Å². The predicted molar refractivity (Wildman–Crippen MR) is 189 cm³/mol. The van der Waals surface area contributed by atoms with Crippen molar-refractivity contribution < 1.29 is 32.6 Å². The summed E-state index contributed by atoms with van der Waals surface area (Å²) in [6.07, 6.45) is 2.91. The van der Waals surface area contributed by atoms with Gasteiger partial charge >= 0.3 is 13.9 Å². The maximum atomic E-state index is 13.0. The Morgan fingerprint density at radius 3 is 2.06 bits per heavy atom. The number of aryl methyl sites for hydroxylation is 1. The van der Waals surface area contributed by atoms with Gasteiger partial charge in [-0.05, 0) is 67.3 Å². The summed E-state index contributed by atoms with van der Waals surface area (Å²) in [6.45, 7) is 2.39. The van der Waals surface area contributed by atoms with Crippen molar-refractivity contribution in [3.8, 4) is 11.5 Å². The summed E-state index contributed by atoms with van der Waals surface area (Å²) in [5.74, 6) is 1.36. The molecule has 5 rings (SSSR count). The zero-order valence-corrected chi connectivity index (χ0v) is 29.5. The molecule has 0 spiro atoms. The molecule has 1 aromatic heterocycles. The van der Waals surface area contributed by atoms with Gasteiger partial charge in [0.1, 0.15) is 42.6 Å². The van der Waals surface area contributed by atoms with Crippen LogP contribution in [0.2, 0.25) is 0 Å². The Hall–Kier alpha value is -4.16. The van der Waals surface area contributed by atoms with Gasteiger partial charge in [0, 0.05) is 22.7 Å². The molecule has 50 heavy (non-hydrogen) atoms. The molecule has 0 aliphatic carbocycles. The van der Waals surface area contributed by atoms with Gasteiger partial charge in [-0.15, -0.1) is 9.05 Å². The fourth-order valence-electron chi connectivity index (χ4n) is 6.11. The zero-order valence-electron chi connectivity index (χ0n) is 28.6. The second-order valence-electron chi connectivity index (χ2n) is 12.1. The molecule has 266 valence electrons. The summed E-state index contributed by atoms with van der Waals surface area (Å²) < 4.78 is 50.1. The molecule has 13 heteroatoms. The Kier molecular flexibility index (Phi) is 13.1. The first-order valence-electron chi connectivity index (χ1n) is 16.7. The monoisotopic (exact) mass is 706 g/mol. The minimum absolute atomic E-state index is 0.142. The van der Waals surface area contributed by atoms with Gasteiger partial charge in [0.15, 0.2) is 0 Å². The predicted octanol–water partition coefficient (Wildman–Crippen LogP) is 5.74. The lowest BCUT2D eigenvalue weighted by atomic mass is 9.79. The van der Waals surface area contributed by atoms with Crippen LogP contribution in [-0.4, -0.2) is 55.7 Å². The normalized spacial score (nSPS) is 17.8. The molecule has 0 amide bonds. The summed E-state index contributed by atoms with van der Waals surface area (Å²) in [5.41, 5.74) is 6.07. The molecule has 1 aliphatic heterocycles. The fourth-order valence-corrected chi connectivity index (χ4v) is 6.73. The van der Waals surface area contributed by atoms with Crippen LogP contribution in [0.25, 0.3) is 0 Å². The summed E-state index contributed by atoms with van der Waals surface area (Å²) in [4.78, 5) is 27.6. The molecule has 1 fully saturated rings. The summed E-state index contributed by atoms with van der Waals surface area (Å²) in [5, 5.41) is 0. The van der Waals surface area contributed by atoms with E-state index in [1.807, 2.05) is 78.9 Å². The van der Waals surface area contributed by atoms with Crippen molar-refractivity contribution in [1.29, 1.82) is 0 Å². The number of nitrogens with one attached hydrogen (secondary N) is 1. The van der Waals surface area contributed by atoms with E-state index in [0.717, 1.165) is 42.4 Å². The highest BCUT2D eigenvalue weighted by molar-refractivity contribution is 7.33. The van der Waals surface area contributed by atoms with Crippen LogP contribution in [0, 0.1) is 6.92 Å². The second kappa shape index (κ2) is 17.7. The third kappa shape index (κ3) is 8.76. The van der Waals surface area contributed by atoms with Crippen LogP contribution in [0.1, 0.15) is 60.6 Å². The lowest BCUT2D eigenvalue weighted by molar-refractivity contribution is -0.0969. The van der Waals surface area contributed by atoms with Crippen LogP contribution >= 0.6 is 8.25 Å². The van der Waals surface area contributed by atoms with Crippen molar-refractivity contribution in [2.75, 3.05) is 34.0 Å². The topological polar surface area (TPSA) is 153 Å². The number of nitrogens with two attached hydrogens (primary N) is 1. The highest BCUT2D eigenvalue weighted by Gasteiger charge is 2.47. The molecule has 0 radical (unpaired) electrons. The highest BCUT2D eigenvalue weighted by atomic mass is 31.1. The van der Waals surface area contributed by atoms with E-state index in [2.05, 4.69) is 4.98 Å². The van der Waals surface area contributed by atoms with E-state index < -0.39 is 43.5 Å². The Bertz CT molecular complexity index is 1750. The molecule has 4 atom stereocenters. The maximum absolute atomic E-state index is 13.0. The van der Waals surface area contributed by atoms with Gasteiger partial charge in [0.25, 0.3) is 5.56 Å². The number of H-pyrrole nitrogens is 1. The molecule has 1 unspecified atom stereocenters. The van der Waals surface area contributed by atoms with Crippen LogP contribution in [0.15, 0.2) is 94.6 Å². The molecular weight excluding hydrogens is 661 g/mol. The number of ether oxygens (including phenoxy) is 4. The van der Waals surface area contributed by atoms with E-state index in [0.29, 0.717) is 23.6 Å². The van der Waals surface area contributed by atoms with Gasteiger partial charge in [0.2, 0.25) is 0 Å². The van der Waals surface area contributed by atoms with Crippen molar-refractivity contribution in [3.05, 3.63) is 128 Å². The number of aromatic nitrogens is 2. The lowest BCUT2D eigenvalue weighted by Crippen LogP contribution is -2.41. The first kappa shape index (κ1) is 37.1. The van der Waals surface area contributed by atoms with Gasteiger partial charge in [-0.2, -0.15) is 0 Å². The zero-order chi connectivity index (χ0) is 35.5. The molecule has 2 heterocycles. The number of hydrogen-bond donors (Lipinski definition) is 2. The maximum Gasteiger partial charge on any atom is 0.697 e. The molecule has 4 aromatic rings. The minimum atomic E-state index is -2.45. The van der Waals surface area contributed by atoms with Crippen LogP contribution in [0.4, 0.5) is 0 Å². The quantitative estimate of drug-likeness (QED) is 0.0745. The standard InChI is InChI=1S/C37H44N3O9P/c1-26-24-40(36(42)39-35(26)41)34-23-32(33(48-34)25-47-50(43)46-22-10-5-4-9-21-38)49-37(27-11-7-6-8-12-27,28-13-17-30(44-2)18-14-28)29-15-19-31(45-3)20-16-29/h6-8,11-20,24,32-34H,4-5,9-10,21-23,25,38H2,1-3H3/p+1/t32-,33+,34+/m0/s1. The van der Waals surface area contributed by atoms with E-state index in [4.69, 9.17) is 33.7 Å².